The van der Waals surface area contributed by atoms with Gasteiger partial charge in [-0.25, -0.2) is 0 Å². The van der Waals surface area contributed by atoms with E-state index in [9.17, 15) is 4.79 Å². The maximum absolute atomic E-state index is 10.8. The average Bonchev–Trinajstić information content (AvgIpc) is 2.21. The maximum Gasteiger partial charge on any atom is 0.317 e. The maximum atomic E-state index is 10.8. The van der Waals surface area contributed by atoms with Crippen molar-refractivity contribution in [2.24, 2.45) is 0 Å². The Morgan fingerprint density at radius 3 is 2.29 bits per heavy atom. The molecule has 0 amide bonds. The summed E-state index contributed by atoms with van der Waals surface area (Å²) < 4.78 is 0. The van der Waals surface area contributed by atoms with Crippen LogP contribution in [0.5, 0.6) is 0 Å². The highest BCUT2D eigenvalue weighted by Gasteiger charge is 2.16. The summed E-state index contributed by atoms with van der Waals surface area (Å²) in [7, 11) is 0. The first-order valence-electron chi connectivity index (χ1n) is 5.30. The van der Waals surface area contributed by atoms with Crippen LogP contribution in [-0.2, 0) is 11.3 Å². The SMILES string of the molecule is CC(C)N(CC(=O)O)Cc1c(Cl)cccc1Cl. The van der Waals surface area contributed by atoms with Crippen LogP contribution in [0.25, 0.3) is 0 Å². The van der Waals surface area contributed by atoms with Gasteiger partial charge in [-0.2, -0.15) is 0 Å². The first-order valence-corrected chi connectivity index (χ1v) is 6.06. The van der Waals surface area contributed by atoms with E-state index in [0.717, 1.165) is 5.56 Å². The van der Waals surface area contributed by atoms with Crippen LogP contribution >= 0.6 is 23.2 Å². The van der Waals surface area contributed by atoms with E-state index < -0.39 is 5.97 Å². The lowest BCUT2D eigenvalue weighted by molar-refractivity contribution is -0.138. The van der Waals surface area contributed by atoms with Gasteiger partial charge in [0.25, 0.3) is 0 Å². The topological polar surface area (TPSA) is 40.5 Å². The van der Waals surface area contributed by atoms with E-state index >= 15 is 0 Å². The van der Waals surface area contributed by atoms with Crippen molar-refractivity contribution in [3.05, 3.63) is 33.8 Å². The molecule has 1 N–H and O–H groups in total. The summed E-state index contributed by atoms with van der Waals surface area (Å²) in [5, 5.41) is 9.97. The Hall–Kier alpha value is -0.770. The molecule has 0 spiro atoms. The van der Waals surface area contributed by atoms with Crippen LogP contribution in [0.15, 0.2) is 18.2 Å². The zero-order valence-corrected chi connectivity index (χ0v) is 11.3. The Bertz CT molecular complexity index is 387. The Morgan fingerprint density at radius 1 is 1.35 bits per heavy atom. The highest BCUT2D eigenvalue weighted by atomic mass is 35.5. The zero-order valence-electron chi connectivity index (χ0n) is 9.78. The molecule has 0 unspecified atom stereocenters. The van der Waals surface area contributed by atoms with Crippen molar-refractivity contribution in [2.75, 3.05) is 6.54 Å². The van der Waals surface area contributed by atoms with E-state index in [1.165, 1.54) is 0 Å². The Labute approximate surface area is 111 Å². The minimum Gasteiger partial charge on any atom is -0.480 e. The second-order valence-corrected chi connectivity index (χ2v) is 4.91. The van der Waals surface area contributed by atoms with Gasteiger partial charge in [-0.1, -0.05) is 29.3 Å². The summed E-state index contributed by atoms with van der Waals surface area (Å²) >= 11 is 12.1. The van der Waals surface area contributed by atoms with E-state index in [4.69, 9.17) is 28.3 Å². The Balaban J connectivity index is 2.89. The van der Waals surface area contributed by atoms with E-state index in [0.29, 0.717) is 16.6 Å². The molecule has 1 rings (SSSR count). The van der Waals surface area contributed by atoms with Gasteiger partial charge in [-0.3, -0.25) is 9.69 Å². The number of hydrogen-bond donors (Lipinski definition) is 1. The predicted octanol–water partition coefficient (Wildman–Crippen LogP) is 3.29. The molecular weight excluding hydrogens is 261 g/mol. The summed E-state index contributed by atoms with van der Waals surface area (Å²) in [4.78, 5) is 12.6. The van der Waals surface area contributed by atoms with Gasteiger partial charge in [-0.05, 0) is 26.0 Å². The van der Waals surface area contributed by atoms with Crippen molar-refractivity contribution in [3.63, 3.8) is 0 Å². The molecule has 0 bridgehead atoms. The van der Waals surface area contributed by atoms with Gasteiger partial charge in [-0.15, -0.1) is 0 Å². The largest absolute Gasteiger partial charge is 0.480 e. The summed E-state index contributed by atoms with van der Waals surface area (Å²) in [6.45, 7) is 4.28. The van der Waals surface area contributed by atoms with Crippen molar-refractivity contribution in [1.29, 1.82) is 0 Å². The molecule has 1 aromatic rings. The van der Waals surface area contributed by atoms with Crippen molar-refractivity contribution < 1.29 is 9.90 Å². The lowest BCUT2D eigenvalue weighted by Crippen LogP contribution is -2.35. The number of aliphatic carboxylic acids is 1. The number of halogens is 2. The van der Waals surface area contributed by atoms with Gasteiger partial charge in [0.1, 0.15) is 0 Å². The first-order chi connectivity index (χ1) is 7.91. The van der Waals surface area contributed by atoms with Crippen molar-refractivity contribution in [1.82, 2.24) is 4.90 Å². The molecule has 0 atom stereocenters. The number of benzene rings is 1. The van der Waals surface area contributed by atoms with E-state index in [1.54, 1.807) is 23.1 Å². The highest BCUT2D eigenvalue weighted by molar-refractivity contribution is 6.35. The number of carbonyl (C=O) groups is 1. The van der Waals surface area contributed by atoms with Crippen LogP contribution in [0, 0.1) is 0 Å². The monoisotopic (exact) mass is 275 g/mol. The summed E-state index contributed by atoms with van der Waals surface area (Å²) in [6, 6.07) is 5.38. The average molecular weight is 276 g/mol. The van der Waals surface area contributed by atoms with Crippen LogP contribution in [0.4, 0.5) is 0 Å². The van der Waals surface area contributed by atoms with E-state index in [-0.39, 0.29) is 12.6 Å². The van der Waals surface area contributed by atoms with Crippen LogP contribution in [0.1, 0.15) is 19.4 Å². The standard InChI is InChI=1S/C12H15Cl2NO2/c1-8(2)15(7-12(16)17)6-9-10(13)4-3-5-11(9)14/h3-5,8H,6-7H2,1-2H3,(H,16,17). The third-order valence-electron chi connectivity index (χ3n) is 2.49. The smallest absolute Gasteiger partial charge is 0.317 e. The van der Waals surface area contributed by atoms with E-state index in [2.05, 4.69) is 0 Å². The second-order valence-electron chi connectivity index (χ2n) is 4.09. The predicted molar refractivity (Wildman–Crippen MR) is 69.6 cm³/mol. The van der Waals surface area contributed by atoms with Gasteiger partial charge >= 0.3 is 5.97 Å². The molecule has 5 heteroatoms. The summed E-state index contributed by atoms with van der Waals surface area (Å²) in [6.07, 6.45) is 0. The van der Waals surface area contributed by atoms with Crippen molar-refractivity contribution in [3.8, 4) is 0 Å². The molecule has 0 saturated heterocycles. The molecule has 3 nitrogen and oxygen atoms in total. The molecule has 94 valence electrons. The van der Waals surface area contributed by atoms with E-state index in [1.807, 2.05) is 13.8 Å². The molecule has 17 heavy (non-hydrogen) atoms. The first kappa shape index (κ1) is 14.3. The summed E-state index contributed by atoms with van der Waals surface area (Å²) in [5.74, 6) is -0.859. The Kier molecular flexibility index (Phi) is 5.25. The van der Waals surface area contributed by atoms with Gasteiger partial charge in [0.15, 0.2) is 0 Å². The van der Waals surface area contributed by atoms with Crippen LogP contribution in [0.3, 0.4) is 0 Å². The Morgan fingerprint density at radius 2 is 1.88 bits per heavy atom. The van der Waals surface area contributed by atoms with Crippen molar-refractivity contribution in [2.45, 2.75) is 26.4 Å². The fraction of sp³-hybridized carbons (Fsp3) is 0.417. The number of carboxylic acids is 1. The molecule has 0 aliphatic rings. The quantitative estimate of drug-likeness (QED) is 0.897. The van der Waals surface area contributed by atoms with Gasteiger partial charge in [0.05, 0.1) is 6.54 Å². The minimum atomic E-state index is -0.859. The third-order valence-corrected chi connectivity index (χ3v) is 3.20. The molecule has 0 radical (unpaired) electrons. The van der Waals surface area contributed by atoms with Crippen LogP contribution in [-0.4, -0.2) is 28.6 Å². The lowest BCUT2D eigenvalue weighted by Gasteiger charge is -2.25. The van der Waals surface area contributed by atoms with Crippen molar-refractivity contribution >= 4 is 29.2 Å². The van der Waals surface area contributed by atoms with Gasteiger partial charge < -0.3 is 5.11 Å². The molecule has 1 aromatic carbocycles. The molecule has 0 aliphatic heterocycles. The fourth-order valence-corrected chi connectivity index (χ4v) is 2.00. The second kappa shape index (κ2) is 6.24. The highest BCUT2D eigenvalue weighted by Crippen LogP contribution is 2.26. The number of hydrogen-bond acceptors (Lipinski definition) is 2. The fourth-order valence-electron chi connectivity index (χ4n) is 1.48. The number of nitrogens with zero attached hydrogens (tertiary/aromatic N) is 1. The molecule has 0 fully saturated rings. The molecule has 0 heterocycles. The molecule has 0 aromatic heterocycles. The molecule has 0 saturated carbocycles. The molecule has 0 aliphatic carbocycles. The third kappa shape index (κ3) is 4.19. The zero-order chi connectivity index (χ0) is 13.0. The normalized spacial score (nSPS) is 11.2. The lowest BCUT2D eigenvalue weighted by atomic mass is 10.2. The van der Waals surface area contributed by atoms with Gasteiger partial charge in [0, 0.05) is 28.2 Å². The van der Waals surface area contributed by atoms with Crippen LogP contribution < -0.4 is 0 Å². The number of carboxylic acid groups (broad SMARTS) is 1. The minimum absolute atomic E-state index is 0.0286. The summed E-state index contributed by atoms with van der Waals surface area (Å²) in [5.41, 5.74) is 0.769. The molecular formula is C12H15Cl2NO2. The van der Waals surface area contributed by atoms with Crippen LogP contribution in [0.2, 0.25) is 10.0 Å². The van der Waals surface area contributed by atoms with Gasteiger partial charge in [0.2, 0.25) is 0 Å². The number of rotatable bonds is 5.